The van der Waals surface area contributed by atoms with Gasteiger partial charge in [-0.15, -0.1) is 0 Å². The van der Waals surface area contributed by atoms with Crippen LogP contribution in [0.25, 0.3) is 0 Å². The van der Waals surface area contributed by atoms with Gasteiger partial charge < -0.3 is 10.1 Å². The zero-order chi connectivity index (χ0) is 19.8. The normalized spacial score (nSPS) is 10.5. The number of carbonyl (C=O) groups is 2. The monoisotopic (exact) mass is 493 g/mol. The van der Waals surface area contributed by atoms with Gasteiger partial charge in [-0.3, -0.25) is 9.59 Å². The number of hydrogen-bond donors (Lipinski definition) is 2. The fraction of sp³-hybridized carbons (Fsp3) is 0.105. The van der Waals surface area contributed by atoms with Gasteiger partial charge in [0.1, 0.15) is 12.4 Å². The summed E-state index contributed by atoms with van der Waals surface area (Å²) >= 11 is 6.88. The Hall–Kier alpha value is -2.45. The second-order valence-electron chi connectivity index (χ2n) is 5.37. The molecule has 0 aliphatic carbocycles. The van der Waals surface area contributed by atoms with E-state index in [1.54, 1.807) is 30.3 Å². The van der Waals surface area contributed by atoms with E-state index in [9.17, 15) is 9.59 Å². The Morgan fingerprint density at radius 3 is 2.37 bits per heavy atom. The summed E-state index contributed by atoms with van der Waals surface area (Å²) in [5.74, 6) is 0.134. The predicted octanol–water partition coefficient (Wildman–Crippen LogP) is 4.50. The van der Waals surface area contributed by atoms with Crippen molar-refractivity contribution in [1.82, 2.24) is 5.43 Å². The third-order valence-corrected chi connectivity index (χ3v) is 4.39. The molecule has 27 heavy (non-hydrogen) atoms. The van der Waals surface area contributed by atoms with Crippen LogP contribution in [-0.2, 0) is 4.79 Å². The second kappa shape index (κ2) is 10.0. The minimum Gasteiger partial charge on any atom is -0.487 e. The Kier molecular flexibility index (Phi) is 7.75. The zero-order valence-corrected chi connectivity index (χ0v) is 17.6. The molecule has 0 heterocycles. The van der Waals surface area contributed by atoms with Crippen molar-refractivity contribution < 1.29 is 14.3 Å². The molecule has 0 saturated carbocycles. The zero-order valence-electron chi connectivity index (χ0n) is 14.5. The smallest absolute Gasteiger partial charge is 0.271 e. The van der Waals surface area contributed by atoms with Crippen LogP contribution in [0.2, 0.25) is 0 Å². The summed E-state index contributed by atoms with van der Waals surface area (Å²) in [6.07, 6.45) is 3.18. The van der Waals surface area contributed by atoms with Crippen LogP contribution in [0.5, 0.6) is 5.75 Å². The van der Waals surface area contributed by atoms with Gasteiger partial charge >= 0.3 is 0 Å². The van der Waals surface area contributed by atoms with Gasteiger partial charge in [-0.25, -0.2) is 5.43 Å². The van der Waals surface area contributed by atoms with Gasteiger partial charge in [0.25, 0.3) is 5.91 Å². The van der Waals surface area contributed by atoms with Crippen molar-refractivity contribution in [2.45, 2.75) is 6.92 Å². The predicted molar refractivity (Wildman–Crippen MR) is 113 cm³/mol. The van der Waals surface area contributed by atoms with E-state index in [1.165, 1.54) is 13.1 Å². The van der Waals surface area contributed by atoms with Crippen LogP contribution < -0.4 is 15.5 Å². The highest BCUT2D eigenvalue weighted by molar-refractivity contribution is 9.11. The molecule has 2 rings (SSSR count). The largest absolute Gasteiger partial charge is 0.487 e. The van der Waals surface area contributed by atoms with Crippen molar-refractivity contribution in [3.63, 3.8) is 0 Å². The highest BCUT2D eigenvalue weighted by Crippen LogP contribution is 2.34. The number of benzene rings is 2. The minimum absolute atomic E-state index is 0.171. The maximum atomic E-state index is 12.1. The molecule has 2 N–H and O–H groups in total. The van der Waals surface area contributed by atoms with E-state index in [2.05, 4.69) is 54.3 Å². The molecule has 2 aromatic rings. The maximum Gasteiger partial charge on any atom is 0.271 e. The summed E-state index contributed by atoms with van der Waals surface area (Å²) in [5, 5.41) is 6.61. The molecule has 0 aliphatic heterocycles. The van der Waals surface area contributed by atoms with Crippen LogP contribution in [0, 0.1) is 0 Å². The van der Waals surface area contributed by atoms with Crippen LogP contribution in [0.3, 0.4) is 0 Å². The van der Waals surface area contributed by atoms with E-state index >= 15 is 0 Å². The molecule has 0 bridgehead atoms. The van der Waals surface area contributed by atoms with E-state index in [-0.39, 0.29) is 11.8 Å². The molecule has 0 fully saturated rings. The number of hydrogen-bond acceptors (Lipinski definition) is 4. The number of carbonyl (C=O) groups excluding carboxylic acids is 2. The molecule has 0 spiro atoms. The van der Waals surface area contributed by atoms with E-state index < -0.39 is 0 Å². The van der Waals surface area contributed by atoms with Gasteiger partial charge in [0, 0.05) is 18.2 Å². The molecule has 0 radical (unpaired) electrons. The number of halogens is 2. The van der Waals surface area contributed by atoms with Crippen molar-refractivity contribution in [3.8, 4) is 5.75 Å². The summed E-state index contributed by atoms with van der Waals surface area (Å²) in [6.45, 7) is 5.43. The fourth-order valence-corrected chi connectivity index (χ4v) is 3.52. The number of amides is 2. The van der Waals surface area contributed by atoms with E-state index in [0.29, 0.717) is 23.6 Å². The number of rotatable bonds is 7. The van der Waals surface area contributed by atoms with Crippen molar-refractivity contribution in [3.05, 3.63) is 69.1 Å². The molecule has 0 saturated heterocycles. The van der Waals surface area contributed by atoms with Crippen molar-refractivity contribution in [1.29, 1.82) is 0 Å². The van der Waals surface area contributed by atoms with Gasteiger partial charge in [0.15, 0.2) is 0 Å². The van der Waals surface area contributed by atoms with Gasteiger partial charge in [-0.05, 0) is 73.8 Å². The van der Waals surface area contributed by atoms with Crippen molar-refractivity contribution >= 4 is 55.6 Å². The highest BCUT2D eigenvalue weighted by Gasteiger charge is 2.08. The average molecular weight is 495 g/mol. The average Bonchev–Trinajstić information content (AvgIpc) is 2.61. The summed E-state index contributed by atoms with van der Waals surface area (Å²) in [5.41, 5.74) is 4.28. The first-order chi connectivity index (χ1) is 12.9. The Bertz CT molecular complexity index is 857. The van der Waals surface area contributed by atoms with Crippen LogP contribution in [0.15, 0.2) is 63.1 Å². The molecular weight excluding hydrogens is 478 g/mol. The molecule has 0 aromatic heterocycles. The SMILES string of the molecule is C=CCOc1c(Br)cc(/C=N\NC(=O)c2ccc(NC(C)=O)cc2)cc1Br. The fourth-order valence-electron chi connectivity index (χ4n) is 2.07. The van der Waals surface area contributed by atoms with Gasteiger partial charge in [0.05, 0.1) is 15.2 Å². The molecular formula is C19H17Br2N3O3. The Morgan fingerprint density at radius 1 is 1.19 bits per heavy atom. The van der Waals surface area contributed by atoms with Gasteiger partial charge in [-0.1, -0.05) is 12.7 Å². The van der Waals surface area contributed by atoms with Gasteiger partial charge in [0.2, 0.25) is 5.91 Å². The van der Waals surface area contributed by atoms with Crippen LogP contribution in [0.1, 0.15) is 22.8 Å². The molecule has 0 aliphatic rings. The quantitative estimate of drug-likeness (QED) is 0.338. The highest BCUT2D eigenvalue weighted by atomic mass is 79.9. The van der Waals surface area contributed by atoms with E-state index in [0.717, 1.165) is 14.5 Å². The lowest BCUT2D eigenvalue weighted by Gasteiger charge is -2.09. The first kappa shape index (κ1) is 20.9. The van der Waals surface area contributed by atoms with E-state index in [4.69, 9.17) is 4.74 Å². The summed E-state index contributed by atoms with van der Waals surface area (Å²) < 4.78 is 7.05. The second-order valence-corrected chi connectivity index (χ2v) is 7.08. The number of nitrogens with one attached hydrogen (secondary N) is 2. The number of hydrazone groups is 1. The summed E-state index contributed by atoms with van der Waals surface area (Å²) in [4.78, 5) is 23.1. The van der Waals surface area contributed by atoms with Crippen molar-refractivity contribution in [2.24, 2.45) is 5.10 Å². The van der Waals surface area contributed by atoms with Crippen LogP contribution >= 0.6 is 31.9 Å². The Labute approximate surface area is 173 Å². The topological polar surface area (TPSA) is 79.8 Å². The lowest BCUT2D eigenvalue weighted by atomic mass is 10.2. The Morgan fingerprint density at radius 2 is 1.81 bits per heavy atom. The number of anilines is 1. The van der Waals surface area contributed by atoms with Gasteiger partial charge in [-0.2, -0.15) is 5.10 Å². The molecule has 2 aromatic carbocycles. The third-order valence-electron chi connectivity index (χ3n) is 3.21. The van der Waals surface area contributed by atoms with Crippen molar-refractivity contribution in [2.75, 3.05) is 11.9 Å². The molecule has 140 valence electrons. The Balaban J connectivity index is 2.01. The summed E-state index contributed by atoms with van der Waals surface area (Å²) in [6, 6.07) is 10.2. The van der Waals surface area contributed by atoms with E-state index in [1.807, 2.05) is 12.1 Å². The van der Waals surface area contributed by atoms with Crippen LogP contribution in [0.4, 0.5) is 5.69 Å². The van der Waals surface area contributed by atoms with Crippen LogP contribution in [-0.4, -0.2) is 24.6 Å². The first-order valence-corrected chi connectivity index (χ1v) is 9.43. The minimum atomic E-state index is -0.357. The molecule has 0 unspecified atom stereocenters. The first-order valence-electron chi connectivity index (χ1n) is 7.84. The third kappa shape index (κ3) is 6.33. The molecule has 2 amide bonds. The molecule has 6 nitrogen and oxygen atoms in total. The standard InChI is InChI=1S/C19H17Br2N3O3/c1-3-8-27-18-16(20)9-13(10-17(18)21)11-22-24-19(26)14-4-6-15(7-5-14)23-12(2)25/h3-7,9-11H,1,8H2,2H3,(H,23,25)(H,24,26)/b22-11-. The number of nitrogens with zero attached hydrogens (tertiary/aromatic N) is 1. The number of ether oxygens (including phenoxy) is 1. The maximum absolute atomic E-state index is 12.1. The molecule has 0 atom stereocenters. The lowest BCUT2D eigenvalue weighted by molar-refractivity contribution is -0.114. The summed E-state index contributed by atoms with van der Waals surface area (Å²) in [7, 11) is 0. The molecule has 8 heteroatoms. The lowest BCUT2D eigenvalue weighted by Crippen LogP contribution is -2.17.